The minimum absolute atomic E-state index is 0.751. The fourth-order valence-electron chi connectivity index (χ4n) is 2.36. The van der Waals surface area contributed by atoms with Crippen molar-refractivity contribution in [1.82, 2.24) is 9.88 Å². The fraction of sp³-hybridized carbons (Fsp3) is 0.688. The monoisotopic (exact) mass is 263 g/mol. The van der Waals surface area contributed by atoms with Gasteiger partial charge in [0.15, 0.2) is 0 Å². The second kappa shape index (κ2) is 9.05. The second-order valence-corrected chi connectivity index (χ2v) is 5.46. The molecule has 3 heteroatoms. The number of nitrogens with zero attached hydrogens (tertiary/aromatic N) is 2. The Bertz CT molecular complexity index is 352. The fourth-order valence-corrected chi connectivity index (χ4v) is 2.36. The third kappa shape index (κ3) is 6.69. The van der Waals surface area contributed by atoms with Crippen LogP contribution in [0.25, 0.3) is 0 Å². The lowest BCUT2D eigenvalue weighted by molar-refractivity contribution is 0.262. The Kier molecular flexibility index (Phi) is 7.68. The van der Waals surface area contributed by atoms with Crippen LogP contribution in [-0.2, 0) is 6.54 Å². The zero-order valence-electron chi connectivity index (χ0n) is 12.7. The molecule has 0 spiro atoms. The normalized spacial score (nSPS) is 12.9. The van der Waals surface area contributed by atoms with E-state index in [-0.39, 0.29) is 0 Å². The summed E-state index contributed by atoms with van der Waals surface area (Å²) in [5, 5.41) is 0. The van der Waals surface area contributed by atoms with E-state index in [9.17, 15) is 0 Å². The molecule has 0 aromatic carbocycles. The van der Waals surface area contributed by atoms with Gasteiger partial charge in [0.2, 0.25) is 0 Å². The Morgan fingerprint density at radius 1 is 1.32 bits per heavy atom. The van der Waals surface area contributed by atoms with Gasteiger partial charge in [0.25, 0.3) is 0 Å². The molecule has 0 aliphatic heterocycles. The summed E-state index contributed by atoms with van der Waals surface area (Å²) in [6.07, 6.45) is 3.67. The quantitative estimate of drug-likeness (QED) is 0.745. The van der Waals surface area contributed by atoms with Crippen molar-refractivity contribution in [2.75, 3.05) is 19.6 Å². The SMILES string of the molecule is CCN(CCCC(C)CCN)Cc1cccc(C)n1. The molecule has 1 atom stereocenters. The van der Waals surface area contributed by atoms with Gasteiger partial charge in [-0.15, -0.1) is 0 Å². The predicted molar refractivity (Wildman–Crippen MR) is 82.0 cm³/mol. The third-order valence-electron chi connectivity index (χ3n) is 3.61. The van der Waals surface area contributed by atoms with Gasteiger partial charge in [-0.3, -0.25) is 9.88 Å². The topological polar surface area (TPSA) is 42.1 Å². The first-order valence-electron chi connectivity index (χ1n) is 7.50. The average Bonchev–Trinajstić information content (AvgIpc) is 2.38. The molecule has 3 nitrogen and oxygen atoms in total. The van der Waals surface area contributed by atoms with E-state index >= 15 is 0 Å². The minimum Gasteiger partial charge on any atom is -0.330 e. The Hall–Kier alpha value is -0.930. The maximum Gasteiger partial charge on any atom is 0.0547 e. The van der Waals surface area contributed by atoms with E-state index in [4.69, 9.17) is 5.73 Å². The molecule has 0 saturated heterocycles. The molecule has 1 heterocycles. The van der Waals surface area contributed by atoms with Crippen LogP contribution in [0.1, 0.15) is 44.5 Å². The van der Waals surface area contributed by atoms with Crippen LogP contribution in [0.5, 0.6) is 0 Å². The van der Waals surface area contributed by atoms with Gasteiger partial charge in [-0.1, -0.05) is 19.9 Å². The molecule has 1 aromatic heterocycles. The first-order valence-corrected chi connectivity index (χ1v) is 7.50. The molecule has 0 radical (unpaired) electrons. The van der Waals surface area contributed by atoms with E-state index in [0.29, 0.717) is 0 Å². The van der Waals surface area contributed by atoms with Crippen molar-refractivity contribution in [2.24, 2.45) is 11.7 Å². The molecule has 1 rings (SSSR count). The van der Waals surface area contributed by atoms with Crippen LogP contribution in [0.3, 0.4) is 0 Å². The van der Waals surface area contributed by atoms with Crippen LogP contribution < -0.4 is 5.73 Å². The molecule has 1 aromatic rings. The minimum atomic E-state index is 0.751. The molecule has 2 N–H and O–H groups in total. The molecule has 0 fully saturated rings. The van der Waals surface area contributed by atoms with Crippen molar-refractivity contribution in [2.45, 2.75) is 46.6 Å². The molecule has 19 heavy (non-hydrogen) atoms. The highest BCUT2D eigenvalue weighted by atomic mass is 15.1. The largest absolute Gasteiger partial charge is 0.330 e. The summed E-state index contributed by atoms with van der Waals surface area (Å²) in [5.74, 6) is 0.751. The third-order valence-corrected chi connectivity index (χ3v) is 3.61. The summed E-state index contributed by atoms with van der Waals surface area (Å²) in [4.78, 5) is 7.04. The van der Waals surface area contributed by atoms with E-state index in [0.717, 1.165) is 44.2 Å². The summed E-state index contributed by atoms with van der Waals surface area (Å²) in [7, 11) is 0. The van der Waals surface area contributed by atoms with E-state index in [2.05, 4.69) is 35.9 Å². The van der Waals surface area contributed by atoms with Gasteiger partial charge in [-0.2, -0.15) is 0 Å². The lowest BCUT2D eigenvalue weighted by Crippen LogP contribution is -2.25. The molecular weight excluding hydrogens is 234 g/mol. The lowest BCUT2D eigenvalue weighted by Gasteiger charge is -2.21. The Morgan fingerprint density at radius 2 is 2.11 bits per heavy atom. The van der Waals surface area contributed by atoms with Gasteiger partial charge in [0.1, 0.15) is 0 Å². The van der Waals surface area contributed by atoms with E-state index in [1.165, 1.54) is 18.5 Å². The van der Waals surface area contributed by atoms with Crippen molar-refractivity contribution in [3.63, 3.8) is 0 Å². The maximum atomic E-state index is 5.58. The molecule has 0 amide bonds. The molecule has 0 aliphatic carbocycles. The number of aromatic nitrogens is 1. The smallest absolute Gasteiger partial charge is 0.0547 e. The highest BCUT2D eigenvalue weighted by Crippen LogP contribution is 2.11. The van der Waals surface area contributed by atoms with E-state index < -0.39 is 0 Å². The second-order valence-electron chi connectivity index (χ2n) is 5.46. The average molecular weight is 263 g/mol. The van der Waals surface area contributed by atoms with Crippen molar-refractivity contribution in [3.05, 3.63) is 29.6 Å². The van der Waals surface area contributed by atoms with Gasteiger partial charge in [0, 0.05) is 12.2 Å². The number of hydrogen-bond acceptors (Lipinski definition) is 3. The van der Waals surface area contributed by atoms with Crippen LogP contribution >= 0.6 is 0 Å². The van der Waals surface area contributed by atoms with Gasteiger partial charge >= 0.3 is 0 Å². The summed E-state index contributed by atoms with van der Waals surface area (Å²) in [6.45, 7) is 10.6. The summed E-state index contributed by atoms with van der Waals surface area (Å²) in [6, 6.07) is 6.26. The van der Waals surface area contributed by atoms with Crippen LogP contribution in [0.2, 0.25) is 0 Å². The predicted octanol–water partition coefficient (Wildman–Crippen LogP) is 2.98. The molecular formula is C16H29N3. The zero-order chi connectivity index (χ0) is 14.1. The van der Waals surface area contributed by atoms with Gasteiger partial charge < -0.3 is 5.73 Å². The van der Waals surface area contributed by atoms with Crippen LogP contribution in [-0.4, -0.2) is 29.5 Å². The highest BCUT2D eigenvalue weighted by Gasteiger charge is 2.06. The van der Waals surface area contributed by atoms with Crippen molar-refractivity contribution in [1.29, 1.82) is 0 Å². The van der Waals surface area contributed by atoms with Gasteiger partial charge in [-0.05, 0) is 63.9 Å². The standard InChI is InChI=1S/C16H29N3/c1-4-19(12-6-7-14(2)10-11-17)13-16-9-5-8-15(3)18-16/h5,8-9,14H,4,6-7,10-13,17H2,1-3H3. The molecule has 0 bridgehead atoms. The number of aryl methyl sites for hydroxylation is 1. The van der Waals surface area contributed by atoms with Crippen molar-refractivity contribution < 1.29 is 0 Å². The molecule has 1 unspecified atom stereocenters. The number of nitrogens with two attached hydrogens (primary N) is 1. The first-order chi connectivity index (χ1) is 9.15. The van der Waals surface area contributed by atoms with E-state index in [1.54, 1.807) is 0 Å². The van der Waals surface area contributed by atoms with Crippen LogP contribution in [0, 0.1) is 12.8 Å². The zero-order valence-corrected chi connectivity index (χ0v) is 12.7. The highest BCUT2D eigenvalue weighted by molar-refractivity contribution is 5.09. The maximum absolute atomic E-state index is 5.58. The Balaban J connectivity index is 2.33. The summed E-state index contributed by atoms with van der Waals surface area (Å²) >= 11 is 0. The first kappa shape index (κ1) is 16.1. The van der Waals surface area contributed by atoms with Crippen LogP contribution in [0.15, 0.2) is 18.2 Å². The summed E-state index contributed by atoms with van der Waals surface area (Å²) < 4.78 is 0. The van der Waals surface area contributed by atoms with Gasteiger partial charge in [0.05, 0.1) is 5.69 Å². The number of rotatable bonds is 9. The van der Waals surface area contributed by atoms with Gasteiger partial charge in [-0.25, -0.2) is 0 Å². The number of pyridine rings is 1. The number of hydrogen-bond donors (Lipinski definition) is 1. The van der Waals surface area contributed by atoms with Crippen LogP contribution in [0.4, 0.5) is 0 Å². The van der Waals surface area contributed by atoms with Crippen molar-refractivity contribution >= 4 is 0 Å². The Labute approximate surface area is 118 Å². The Morgan fingerprint density at radius 3 is 2.74 bits per heavy atom. The molecule has 108 valence electrons. The molecule has 0 saturated carbocycles. The van der Waals surface area contributed by atoms with E-state index in [1.807, 2.05) is 13.0 Å². The molecule has 0 aliphatic rings. The summed E-state index contributed by atoms with van der Waals surface area (Å²) in [5.41, 5.74) is 7.86. The lowest BCUT2D eigenvalue weighted by atomic mass is 10.0. The van der Waals surface area contributed by atoms with Crippen molar-refractivity contribution in [3.8, 4) is 0 Å².